The van der Waals surface area contributed by atoms with Gasteiger partial charge in [-0.05, 0) is 44.0 Å². The van der Waals surface area contributed by atoms with Crippen LogP contribution in [0.3, 0.4) is 0 Å². The van der Waals surface area contributed by atoms with Gasteiger partial charge in [-0.15, -0.1) is 0 Å². The second kappa shape index (κ2) is 5.46. The molecule has 0 unspecified atom stereocenters. The smallest absolute Gasteiger partial charge is 0.242 e. The van der Waals surface area contributed by atoms with Crippen LogP contribution in [0.25, 0.3) is 6.08 Å². The number of nitrogens with zero attached hydrogens (tertiary/aromatic N) is 1. The van der Waals surface area contributed by atoms with Gasteiger partial charge < -0.3 is 4.74 Å². The fraction of sp³-hybridized carbons (Fsp3) is 0.500. The van der Waals surface area contributed by atoms with Gasteiger partial charge in [-0.1, -0.05) is 19.9 Å². The topological polar surface area (TPSA) is 46.6 Å². The highest BCUT2D eigenvalue weighted by Gasteiger charge is 2.25. The molecule has 21 heavy (non-hydrogen) atoms. The quantitative estimate of drug-likeness (QED) is 0.858. The molecule has 0 aromatic heterocycles. The van der Waals surface area contributed by atoms with E-state index in [-0.39, 0.29) is 11.5 Å². The maximum Gasteiger partial charge on any atom is 0.242 e. The fourth-order valence-electron chi connectivity index (χ4n) is 2.31. The molecule has 2 rings (SSSR count). The number of hydrogen-bond acceptors (Lipinski definition) is 3. The molecule has 0 aliphatic carbocycles. The van der Waals surface area contributed by atoms with Crippen LogP contribution in [0.4, 0.5) is 0 Å². The van der Waals surface area contributed by atoms with Crippen LogP contribution in [0.2, 0.25) is 0 Å². The third-order valence-corrected chi connectivity index (χ3v) is 5.17. The molecule has 0 radical (unpaired) electrons. The third-order valence-electron chi connectivity index (χ3n) is 3.35. The Morgan fingerprint density at radius 3 is 2.57 bits per heavy atom. The van der Waals surface area contributed by atoms with Gasteiger partial charge in [0, 0.05) is 19.2 Å². The van der Waals surface area contributed by atoms with Crippen LogP contribution >= 0.6 is 0 Å². The van der Waals surface area contributed by atoms with E-state index >= 15 is 0 Å². The lowest BCUT2D eigenvalue weighted by Crippen LogP contribution is -2.31. The van der Waals surface area contributed by atoms with Gasteiger partial charge in [-0.25, -0.2) is 12.7 Å². The summed E-state index contributed by atoms with van der Waals surface area (Å²) in [7, 11) is -1.84. The Morgan fingerprint density at radius 2 is 1.95 bits per heavy atom. The standard InChI is InChI=1S/C16H23NO3S/c1-12(2)11-17(5)21(18,19)14-6-7-15-13(10-14)8-9-16(3,4)20-15/h6-10,12H,11H2,1-5H3. The number of rotatable bonds is 4. The lowest BCUT2D eigenvalue weighted by Gasteiger charge is -2.28. The number of hydrogen-bond donors (Lipinski definition) is 0. The van der Waals surface area contributed by atoms with E-state index in [2.05, 4.69) is 0 Å². The molecule has 0 bridgehead atoms. The number of ether oxygens (including phenoxy) is 1. The van der Waals surface area contributed by atoms with Crippen LogP contribution < -0.4 is 4.74 Å². The molecule has 0 N–H and O–H groups in total. The third kappa shape index (κ3) is 3.47. The van der Waals surface area contributed by atoms with Crippen molar-refractivity contribution in [2.75, 3.05) is 13.6 Å². The minimum atomic E-state index is -3.45. The van der Waals surface area contributed by atoms with Crippen LogP contribution in [0.1, 0.15) is 33.3 Å². The second-order valence-electron chi connectivity index (χ2n) is 6.42. The Hall–Kier alpha value is -1.33. The summed E-state index contributed by atoms with van der Waals surface area (Å²) in [4.78, 5) is 0.303. The van der Waals surface area contributed by atoms with Gasteiger partial charge in [-0.3, -0.25) is 0 Å². The molecule has 1 aromatic carbocycles. The van der Waals surface area contributed by atoms with Gasteiger partial charge >= 0.3 is 0 Å². The molecular formula is C16H23NO3S. The van der Waals surface area contributed by atoms with Crippen molar-refractivity contribution in [1.29, 1.82) is 0 Å². The van der Waals surface area contributed by atoms with Crippen LogP contribution in [0, 0.1) is 5.92 Å². The summed E-state index contributed by atoms with van der Waals surface area (Å²) < 4.78 is 32.3. The monoisotopic (exact) mass is 309 g/mol. The van der Waals surface area contributed by atoms with Gasteiger partial charge in [0.15, 0.2) is 0 Å². The molecule has 1 aliphatic heterocycles. The van der Waals surface area contributed by atoms with E-state index in [1.54, 1.807) is 25.2 Å². The normalized spacial score (nSPS) is 16.9. The van der Waals surface area contributed by atoms with Gasteiger partial charge in [0.1, 0.15) is 11.4 Å². The van der Waals surface area contributed by atoms with Gasteiger partial charge in [0.2, 0.25) is 10.0 Å². The average molecular weight is 309 g/mol. The predicted molar refractivity (Wildman–Crippen MR) is 84.8 cm³/mol. The van der Waals surface area contributed by atoms with E-state index in [0.29, 0.717) is 17.2 Å². The first kappa shape index (κ1) is 16.0. The van der Waals surface area contributed by atoms with E-state index in [1.807, 2.05) is 39.8 Å². The summed E-state index contributed by atoms with van der Waals surface area (Å²) in [6, 6.07) is 5.02. The SMILES string of the molecule is CC(C)CN(C)S(=O)(=O)c1ccc2c(c1)C=CC(C)(C)O2. The van der Waals surface area contributed by atoms with Crippen LogP contribution in [-0.2, 0) is 10.0 Å². The van der Waals surface area contributed by atoms with Crippen molar-refractivity contribution in [3.8, 4) is 5.75 Å². The molecule has 0 amide bonds. The van der Waals surface area contributed by atoms with E-state index in [0.717, 1.165) is 5.56 Å². The van der Waals surface area contributed by atoms with E-state index in [1.165, 1.54) is 4.31 Å². The zero-order valence-electron chi connectivity index (χ0n) is 13.3. The maximum absolute atomic E-state index is 12.5. The summed E-state index contributed by atoms with van der Waals surface area (Å²) in [5, 5.41) is 0. The van der Waals surface area contributed by atoms with Gasteiger partial charge in [0.25, 0.3) is 0 Å². The Kier molecular flexibility index (Phi) is 4.17. The van der Waals surface area contributed by atoms with Crippen molar-refractivity contribution in [3.05, 3.63) is 29.8 Å². The molecule has 1 heterocycles. The molecular weight excluding hydrogens is 286 g/mol. The van der Waals surface area contributed by atoms with E-state index < -0.39 is 10.0 Å². The first-order valence-electron chi connectivity index (χ1n) is 7.10. The van der Waals surface area contributed by atoms with Gasteiger partial charge in [0.05, 0.1) is 4.90 Å². The molecule has 4 nitrogen and oxygen atoms in total. The van der Waals surface area contributed by atoms with Crippen LogP contribution in [0.5, 0.6) is 5.75 Å². The lowest BCUT2D eigenvalue weighted by atomic mass is 10.0. The zero-order chi connectivity index (χ0) is 15.8. The summed E-state index contributed by atoms with van der Waals surface area (Å²) in [5.41, 5.74) is 0.440. The van der Waals surface area contributed by atoms with Crippen molar-refractivity contribution in [2.45, 2.75) is 38.2 Å². The molecule has 1 aromatic rings. The molecule has 1 aliphatic rings. The maximum atomic E-state index is 12.5. The van der Waals surface area contributed by atoms with E-state index in [4.69, 9.17) is 4.74 Å². The molecule has 5 heteroatoms. The molecule has 0 fully saturated rings. The first-order chi connectivity index (χ1) is 9.62. The molecule has 0 saturated heterocycles. The van der Waals surface area contributed by atoms with Crippen molar-refractivity contribution in [3.63, 3.8) is 0 Å². The highest BCUT2D eigenvalue weighted by molar-refractivity contribution is 7.89. The van der Waals surface area contributed by atoms with Crippen molar-refractivity contribution in [1.82, 2.24) is 4.31 Å². The molecule has 0 spiro atoms. The number of benzene rings is 1. The summed E-state index contributed by atoms with van der Waals surface area (Å²) in [6.45, 7) is 8.43. The summed E-state index contributed by atoms with van der Waals surface area (Å²) in [6.07, 6.45) is 3.85. The predicted octanol–water partition coefficient (Wildman–Crippen LogP) is 3.15. The highest BCUT2D eigenvalue weighted by Crippen LogP contribution is 2.32. The van der Waals surface area contributed by atoms with Crippen LogP contribution in [0.15, 0.2) is 29.2 Å². The Balaban J connectivity index is 2.35. The molecule has 0 saturated carbocycles. The van der Waals surface area contributed by atoms with E-state index in [9.17, 15) is 8.42 Å². The van der Waals surface area contributed by atoms with Crippen molar-refractivity contribution in [2.24, 2.45) is 5.92 Å². The molecule has 0 atom stereocenters. The number of sulfonamides is 1. The second-order valence-corrected chi connectivity index (χ2v) is 8.46. The van der Waals surface area contributed by atoms with Gasteiger partial charge in [-0.2, -0.15) is 0 Å². The summed E-state index contributed by atoms with van der Waals surface area (Å²) >= 11 is 0. The Labute approximate surface area is 127 Å². The largest absolute Gasteiger partial charge is 0.483 e. The number of fused-ring (bicyclic) bond motifs is 1. The fourth-order valence-corrected chi connectivity index (χ4v) is 3.68. The van der Waals surface area contributed by atoms with Crippen molar-refractivity contribution < 1.29 is 13.2 Å². The summed E-state index contributed by atoms with van der Waals surface area (Å²) in [5.74, 6) is 0.999. The van der Waals surface area contributed by atoms with Crippen molar-refractivity contribution >= 4 is 16.1 Å². The first-order valence-corrected chi connectivity index (χ1v) is 8.54. The minimum Gasteiger partial charge on any atom is -0.483 e. The Morgan fingerprint density at radius 1 is 1.29 bits per heavy atom. The Bertz CT molecular complexity index is 660. The molecule has 116 valence electrons. The highest BCUT2D eigenvalue weighted by atomic mass is 32.2. The van der Waals surface area contributed by atoms with Crippen LogP contribution in [-0.4, -0.2) is 31.9 Å². The lowest BCUT2D eigenvalue weighted by molar-refractivity contribution is 0.159. The zero-order valence-corrected chi connectivity index (χ0v) is 14.1. The average Bonchev–Trinajstić information content (AvgIpc) is 2.36. The minimum absolute atomic E-state index is 0.284.